The first kappa shape index (κ1) is 10.1. The summed E-state index contributed by atoms with van der Waals surface area (Å²) in [6.45, 7) is 1.04. The van der Waals surface area contributed by atoms with Crippen LogP contribution in [0.15, 0.2) is 18.2 Å². The first-order valence-electron chi connectivity index (χ1n) is 5.30. The third kappa shape index (κ3) is 2.14. The summed E-state index contributed by atoms with van der Waals surface area (Å²) in [6.07, 6.45) is 7.30. The highest BCUT2D eigenvalue weighted by atomic mass is 16.3. The second kappa shape index (κ2) is 4.37. The number of anilines is 1. The molecular weight excluding hydrogens is 186 g/mol. The van der Waals surface area contributed by atoms with Gasteiger partial charge < -0.3 is 10.4 Å². The van der Waals surface area contributed by atoms with E-state index >= 15 is 0 Å². The molecule has 2 rings (SSSR count). The summed E-state index contributed by atoms with van der Waals surface area (Å²) in [5.41, 5.74) is 3.69. The number of aliphatic hydroxyl groups is 1. The van der Waals surface area contributed by atoms with Crippen LogP contribution in [0.4, 0.5) is 5.69 Å². The van der Waals surface area contributed by atoms with Gasteiger partial charge in [-0.25, -0.2) is 0 Å². The van der Waals surface area contributed by atoms with E-state index in [0.717, 1.165) is 19.4 Å². The van der Waals surface area contributed by atoms with E-state index in [9.17, 15) is 5.11 Å². The van der Waals surface area contributed by atoms with Gasteiger partial charge in [-0.2, -0.15) is 0 Å². The number of nitrogens with one attached hydrogen (secondary N) is 1. The Kier molecular flexibility index (Phi) is 2.94. The van der Waals surface area contributed by atoms with Gasteiger partial charge >= 0.3 is 0 Å². The molecule has 1 unspecified atom stereocenters. The van der Waals surface area contributed by atoms with E-state index < -0.39 is 6.10 Å². The molecule has 15 heavy (non-hydrogen) atoms. The number of benzene rings is 1. The zero-order chi connectivity index (χ0) is 10.7. The van der Waals surface area contributed by atoms with Crippen molar-refractivity contribution in [2.45, 2.75) is 25.4 Å². The van der Waals surface area contributed by atoms with E-state index in [4.69, 9.17) is 6.42 Å². The number of aliphatic hydroxyl groups excluding tert-OH is 1. The molecular formula is C13H15NO. The zero-order valence-electron chi connectivity index (χ0n) is 8.66. The maximum absolute atomic E-state index is 9.46. The van der Waals surface area contributed by atoms with E-state index in [1.807, 2.05) is 12.1 Å². The van der Waals surface area contributed by atoms with E-state index in [2.05, 4.69) is 17.3 Å². The van der Waals surface area contributed by atoms with Gasteiger partial charge in [0, 0.05) is 18.7 Å². The highest BCUT2D eigenvalue weighted by Gasteiger charge is 2.13. The van der Waals surface area contributed by atoms with Gasteiger partial charge in [-0.15, -0.1) is 6.42 Å². The van der Waals surface area contributed by atoms with Gasteiger partial charge in [0.15, 0.2) is 0 Å². The Labute approximate surface area is 90.3 Å². The largest absolute Gasteiger partial charge is 0.385 e. The minimum Gasteiger partial charge on any atom is -0.385 e. The third-order valence-corrected chi connectivity index (χ3v) is 2.80. The Morgan fingerprint density at radius 1 is 1.53 bits per heavy atom. The second-order valence-electron chi connectivity index (χ2n) is 3.86. The zero-order valence-corrected chi connectivity index (χ0v) is 8.66. The molecule has 1 aliphatic rings. The first-order chi connectivity index (χ1) is 7.31. The van der Waals surface area contributed by atoms with Crippen LogP contribution in [0.3, 0.4) is 0 Å². The van der Waals surface area contributed by atoms with Gasteiger partial charge in [0.1, 0.15) is 6.10 Å². The summed E-state index contributed by atoms with van der Waals surface area (Å²) < 4.78 is 0. The summed E-state index contributed by atoms with van der Waals surface area (Å²) in [6, 6.07) is 6.14. The highest BCUT2D eigenvalue weighted by molar-refractivity contribution is 5.56. The number of hydrogen-bond donors (Lipinski definition) is 2. The van der Waals surface area contributed by atoms with E-state index in [-0.39, 0.29) is 0 Å². The molecule has 1 atom stereocenters. The minimum absolute atomic E-state index is 0.557. The average Bonchev–Trinajstić information content (AvgIpc) is 2.29. The molecule has 0 amide bonds. The molecule has 2 N–H and O–H groups in total. The SMILES string of the molecule is C#CC(O)Cc1cccc2c1CCCN2. The van der Waals surface area contributed by atoms with Crippen LogP contribution in [-0.2, 0) is 12.8 Å². The Hall–Kier alpha value is -1.46. The van der Waals surface area contributed by atoms with Crippen molar-refractivity contribution in [3.8, 4) is 12.3 Å². The monoisotopic (exact) mass is 201 g/mol. The highest BCUT2D eigenvalue weighted by Crippen LogP contribution is 2.25. The molecule has 2 heteroatoms. The third-order valence-electron chi connectivity index (χ3n) is 2.80. The van der Waals surface area contributed by atoms with Crippen molar-refractivity contribution in [3.63, 3.8) is 0 Å². The summed E-state index contributed by atoms with van der Waals surface area (Å²) in [7, 11) is 0. The Balaban J connectivity index is 2.28. The van der Waals surface area contributed by atoms with Crippen LogP contribution in [-0.4, -0.2) is 17.8 Å². The van der Waals surface area contributed by atoms with Gasteiger partial charge in [-0.1, -0.05) is 18.1 Å². The molecule has 2 nitrogen and oxygen atoms in total. The summed E-state index contributed by atoms with van der Waals surface area (Å²) in [4.78, 5) is 0. The fourth-order valence-electron chi connectivity index (χ4n) is 2.04. The predicted molar refractivity (Wildman–Crippen MR) is 61.8 cm³/mol. The fourth-order valence-corrected chi connectivity index (χ4v) is 2.04. The number of fused-ring (bicyclic) bond motifs is 1. The van der Waals surface area contributed by atoms with Crippen molar-refractivity contribution in [3.05, 3.63) is 29.3 Å². The van der Waals surface area contributed by atoms with Gasteiger partial charge in [0.25, 0.3) is 0 Å². The quantitative estimate of drug-likeness (QED) is 0.712. The molecule has 1 heterocycles. The molecule has 0 fully saturated rings. The predicted octanol–water partition coefficient (Wildman–Crippen LogP) is 1.58. The standard InChI is InChI=1S/C13H15NO/c1-2-11(15)9-10-5-3-7-13-12(10)6-4-8-14-13/h1,3,5,7,11,14-15H,4,6,8-9H2. The molecule has 0 spiro atoms. The molecule has 1 aromatic carbocycles. The van der Waals surface area contributed by atoms with Crippen molar-refractivity contribution >= 4 is 5.69 Å². The topological polar surface area (TPSA) is 32.3 Å². The van der Waals surface area contributed by atoms with Gasteiger partial charge in [0.05, 0.1) is 0 Å². The van der Waals surface area contributed by atoms with Crippen LogP contribution in [0.2, 0.25) is 0 Å². The maximum atomic E-state index is 9.46. The van der Waals surface area contributed by atoms with Gasteiger partial charge in [-0.3, -0.25) is 0 Å². The molecule has 0 saturated heterocycles. The van der Waals surface area contributed by atoms with Crippen molar-refractivity contribution < 1.29 is 5.11 Å². The number of terminal acetylenes is 1. The summed E-state index contributed by atoms with van der Waals surface area (Å²) in [5.74, 6) is 2.36. The van der Waals surface area contributed by atoms with Gasteiger partial charge in [-0.05, 0) is 30.0 Å². The van der Waals surface area contributed by atoms with Crippen molar-refractivity contribution in [2.24, 2.45) is 0 Å². The number of hydrogen-bond acceptors (Lipinski definition) is 2. The molecule has 0 radical (unpaired) electrons. The van der Waals surface area contributed by atoms with Crippen LogP contribution < -0.4 is 5.32 Å². The molecule has 1 aliphatic heterocycles. The van der Waals surface area contributed by atoms with E-state index in [1.165, 1.54) is 16.8 Å². The Bertz CT molecular complexity index is 392. The lowest BCUT2D eigenvalue weighted by molar-refractivity contribution is 0.233. The normalized spacial score (nSPS) is 16.0. The lowest BCUT2D eigenvalue weighted by Crippen LogP contribution is -2.16. The second-order valence-corrected chi connectivity index (χ2v) is 3.86. The van der Waals surface area contributed by atoms with Crippen molar-refractivity contribution in [1.29, 1.82) is 0 Å². The molecule has 0 aromatic heterocycles. The minimum atomic E-state index is -0.668. The van der Waals surface area contributed by atoms with E-state index in [1.54, 1.807) is 0 Å². The Morgan fingerprint density at radius 3 is 3.20 bits per heavy atom. The van der Waals surface area contributed by atoms with Crippen LogP contribution >= 0.6 is 0 Å². The molecule has 0 bridgehead atoms. The molecule has 78 valence electrons. The van der Waals surface area contributed by atoms with Crippen LogP contribution in [0.1, 0.15) is 17.5 Å². The van der Waals surface area contributed by atoms with Crippen molar-refractivity contribution in [2.75, 3.05) is 11.9 Å². The lowest BCUT2D eigenvalue weighted by atomic mass is 9.94. The van der Waals surface area contributed by atoms with E-state index in [0.29, 0.717) is 6.42 Å². The lowest BCUT2D eigenvalue weighted by Gasteiger charge is -2.21. The molecule has 0 saturated carbocycles. The maximum Gasteiger partial charge on any atom is 0.118 e. The fraction of sp³-hybridized carbons (Fsp3) is 0.385. The van der Waals surface area contributed by atoms with Crippen LogP contribution in [0.5, 0.6) is 0 Å². The summed E-state index contributed by atoms with van der Waals surface area (Å²) in [5, 5.41) is 12.8. The van der Waals surface area contributed by atoms with Gasteiger partial charge in [0.2, 0.25) is 0 Å². The summed E-state index contributed by atoms with van der Waals surface area (Å²) >= 11 is 0. The number of rotatable bonds is 2. The molecule has 0 aliphatic carbocycles. The molecule has 1 aromatic rings. The average molecular weight is 201 g/mol. The van der Waals surface area contributed by atoms with Crippen LogP contribution in [0.25, 0.3) is 0 Å². The first-order valence-corrected chi connectivity index (χ1v) is 5.30. The Morgan fingerprint density at radius 2 is 2.40 bits per heavy atom. The van der Waals surface area contributed by atoms with Crippen LogP contribution in [0, 0.1) is 12.3 Å². The smallest absolute Gasteiger partial charge is 0.118 e. The van der Waals surface area contributed by atoms with Crippen molar-refractivity contribution in [1.82, 2.24) is 0 Å².